The minimum absolute atomic E-state index is 0.0485. The molecule has 1 N–H and O–H groups in total. The van der Waals surface area contributed by atoms with E-state index in [0.717, 1.165) is 0 Å². The van der Waals surface area contributed by atoms with Crippen LogP contribution < -0.4 is 5.32 Å². The van der Waals surface area contributed by atoms with Crippen LogP contribution in [0.5, 0.6) is 0 Å². The van der Waals surface area contributed by atoms with E-state index in [0.29, 0.717) is 28.9 Å². The third-order valence-corrected chi connectivity index (χ3v) is 3.09. The van der Waals surface area contributed by atoms with E-state index in [-0.39, 0.29) is 11.9 Å². The highest BCUT2D eigenvalue weighted by Gasteiger charge is 2.22. The maximum Gasteiger partial charge on any atom is 0.255 e. The van der Waals surface area contributed by atoms with Gasteiger partial charge in [0.15, 0.2) is 0 Å². The van der Waals surface area contributed by atoms with Crippen molar-refractivity contribution in [2.24, 2.45) is 5.92 Å². The highest BCUT2D eigenvalue weighted by atomic mass is 35.5. The molecule has 19 heavy (non-hydrogen) atoms. The SMILES string of the molecule is CNc1cc(C(=O)N(CC(C)C)C(C)C)c(Cl)cn1. The Labute approximate surface area is 120 Å². The molecule has 0 saturated carbocycles. The summed E-state index contributed by atoms with van der Waals surface area (Å²) in [6, 6.07) is 1.83. The van der Waals surface area contributed by atoms with Gasteiger partial charge < -0.3 is 10.2 Å². The van der Waals surface area contributed by atoms with Gasteiger partial charge >= 0.3 is 0 Å². The molecule has 0 unspecified atom stereocenters. The highest BCUT2D eigenvalue weighted by Crippen LogP contribution is 2.21. The van der Waals surface area contributed by atoms with Crippen LogP contribution in [0.1, 0.15) is 38.1 Å². The molecular weight excluding hydrogens is 262 g/mol. The summed E-state index contributed by atoms with van der Waals surface area (Å²) >= 11 is 6.10. The molecule has 0 spiro atoms. The Hall–Kier alpha value is -1.29. The number of amides is 1. The predicted octanol–water partition coefficient (Wildman–Crippen LogP) is 3.28. The second-order valence-corrected chi connectivity index (χ2v) is 5.65. The molecule has 1 heterocycles. The maximum absolute atomic E-state index is 12.6. The lowest BCUT2D eigenvalue weighted by Gasteiger charge is -2.29. The second kappa shape index (κ2) is 6.75. The number of hydrogen-bond donors (Lipinski definition) is 1. The average molecular weight is 284 g/mol. The summed E-state index contributed by atoms with van der Waals surface area (Å²) in [5, 5.41) is 3.31. The molecule has 0 aliphatic heterocycles. The monoisotopic (exact) mass is 283 g/mol. The van der Waals surface area contributed by atoms with Gasteiger partial charge in [0.25, 0.3) is 5.91 Å². The Morgan fingerprint density at radius 1 is 1.42 bits per heavy atom. The number of pyridine rings is 1. The van der Waals surface area contributed by atoms with Crippen molar-refractivity contribution in [1.29, 1.82) is 0 Å². The first kappa shape index (κ1) is 15.8. The highest BCUT2D eigenvalue weighted by molar-refractivity contribution is 6.33. The van der Waals surface area contributed by atoms with Crippen molar-refractivity contribution >= 4 is 23.3 Å². The van der Waals surface area contributed by atoms with Gasteiger partial charge in [-0.2, -0.15) is 0 Å². The first-order valence-electron chi connectivity index (χ1n) is 6.51. The van der Waals surface area contributed by atoms with Gasteiger partial charge in [0.1, 0.15) is 5.82 Å². The van der Waals surface area contributed by atoms with Crippen LogP contribution in [0.15, 0.2) is 12.3 Å². The fourth-order valence-corrected chi connectivity index (χ4v) is 2.00. The zero-order valence-electron chi connectivity index (χ0n) is 12.2. The molecule has 106 valence electrons. The fraction of sp³-hybridized carbons (Fsp3) is 0.571. The molecule has 0 aliphatic carbocycles. The van der Waals surface area contributed by atoms with E-state index in [2.05, 4.69) is 24.1 Å². The third-order valence-electron chi connectivity index (χ3n) is 2.79. The Kier molecular flexibility index (Phi) is 5.60. The lowest BCUT2D eigenvalue weighted by Crippen LogP contribution is -2.39. The average Bonchev–Trinajstić information content (AvgIpc) is 2.35. The van der Waals surface area contributed by atoms with Crippen LogP contribution in [-0.4, -0.2) is 35.4 Å². The lowest BCUT2D eigenvalue weighted by atomic mass is 10.1. The van der Waals surface area contributed by atoms with Gasteiger partial charge in [-0.1, -0.05) is 25.4 Å². The fourth-order valence-electron chi connectivity index (χ4n) is 1.82. The number of halogens is 1. The van der Waals surface area contributed by atoms with Crippen molar-refractivity contribution in [2.45, 2.75) is 33.7 Å². The number of anilines is 1. The molecule has 1 rings (SSSR count). The summed E-state index contributed by atoms with van der Waals surface area (Å²) < 4.78 is 0. The minimum Gasteiger partial charge on any atom is -0.373 e. The predicted molar refractivity (Wildman–Crippen MR) is 79.8 cm³/mol. The second-order valence-electron chi connectivity index (χ2n) is 5.24. The van der Waals surface area contributed by atoms with Gasteiger partial charge in [-0.05, 0) is 25.8 Å². The molecule has 1 amide bonds. The van der Waals surface area contributed by atoms with E-state index in [9.17, 15) is 4.79 Å². The lowest BCUT2D eigenvalue weighted by molar-refractivity contribution is 0.0682. The van der Waals surface area contributed by atoms with E-state index >= 15 is 0 Å². The molecule has 5 heteroatoms. The van der Waals surface area contributed by atoms with Crippen molar-refractivity contribution in [2.75, 3.05) is 18.9 Å². The Balaban J connectivity index is 3.08. The number of aromatic nitrogens is 1. The zero-order valence-corrected chi connectivity index (χ0v) is 13.0. The topological polar surface area (TPSA) is 45.2 Å². The van der Waals surface area contributed by atoms with Crippen LogP contribution in [0, 0.1) is 5.92 Å². The first-order valence-corrected chi connectivity index (χ1v) is 6.88. The number of rotatable bonds is 5. The smallest absolute Gasteiger partial charge is 0.255 e. The normalized spacial score (nSPS) is 10.9. The molecule has 0 aromatic carbocycles. The largest absolute Gasteiger partial charge is 0.373 e. The molecule has 1 aromatic rings. The molecule has 0 atom stereocenters. The zero-order chi connectivity index (χ0) is 14.6. The van der Waals surface area contributed by atoms with Gasteiger partial charge in [-0.25, -0.2) is 4.98 Å². The molecule has 1 aromatic heterocycles. The van der Waals surface area contributed by atoms with Crippen molar-refractivity contribution in [3.05, 3.63) is 22.8 Å². The van der Waals surface area contributed by atoms with Gasteiger partial charge in [0.2, 0.25) is 0 Å². The van der Waals surface area contributed by atoms with Crippen LogP contribution in [0.2, 0.25) is 5.02 Å². The molecule has 0 saturated heterocycles. The number of nitrogens with zero attached hydrogens (tertiary/aromatic N) is 2. The van der Waals surface area contributed by atoms with E-state index in [1.165, 1.54) is 6.20 Å². The van der Waals surface area contributed by atoms with E-state index in [1.807, 2.05) is 18.7 Å². The van der Waals surface area contributed by atoms with Gasteiger partial charge in [0, 0.05) is 25.8 Å². The van der Waals surface area contributed by atoms with Crippen molar-refractivity contribution in [1.82, 2.24) is 9.88 Å². The van der Waals surface area contributed by atoms with E-state index in [4.69, 9.17) is 11.6 Å². The number of hydrogen-bond acceptors (Lipinski definition) is 3. The molecule has 0 aliphatic rings. The molecule has 0 radical (unpaired) electrons. The summed E-state index contributed by atoms with van der Waals surface area (Å²) in [5.41, 5.74) is 0.496. The summed E-state index contributed by atoms with van der Waals surface area (Å²) in [7, 11) is 1.76. The van der Waals surface area contributed by atoms with E-state index in [1.54, 1.807) is 13.1 Å². The summed E-state index contributed by atoms with van der Waals surface area (Å²) in [6.07, 6.45) is 1.51. The molecule has 0 fully saturated rings. The summed E-state index contributed by atoms with van der Waals surface area (Å²) in [4.78, 5) is 18.5. The minimum atomic E-state index is -0.0485. The first-order chi connectivity index (χ1) is 8.86. The number of nitrogens with one attached hydrogen (secondary N) is 1. The quantitative estimate of drug-likeness (QED) is 0.902. The molecular formula is C14H22ClN3O. The van der Waals surface area contributed by atoms with Crippen molar-refractivity contribution < 1.29 is 4.79 Å². The third kappa shape index (κ3) is 4.10. The van der Waals surface area contributed by atoms with Crippen LogP contribution in [0.4, 0.5) is 5.82 Å². The summed E-state index contributed by atoms with van der Waals surface area (Å²) in [5.74, 6) is 1.00. The van der Waals surface area contributed by atoms with Crippen molar-refractivity contribution in [3.8, 4) is 0 Å². The maximum atomic E-state index is 12.6. The van der Waals surface area contributed by atoms with Crippen LogP contribution in [0.3, 0.4) is 0 Å². The Bertz CT molecular complexity index is 446. The summed E-state index contributed by atoms with van der Waals surface area (Å²) in [6.45, 7) is 8.92. The molecule has 0 bridgehead atoms. The number of carbonyl (C=O) groups excluding carboxylic acids is 1. The van der Waals surface area contributed by atoms with E-state index < -0.39 is 0 Å². The molecule has 4 nitrogen and oxygen atoms in total. The Morgan fingerprint density at radius 2 is 2.05 bits per heavy atom. The van der Waals surface area contributed by atoms with Crippen LogP contribution >= 0.6 is 11.6 Å². The Morgan fingerprint density at radius 3 is 2.53 bits per heavy atom. The van der Waals surface area contributed by atoms with Gasteiger partial charge in [-0.3, -0.25) is 4.79 Å². The van der Waals surface area contributed by atoms with Gasteiger partial charge in [0.05, 0.1) is 10.6 Å². The standard InChI is InChI=1S/C14H22ClN3O/c1-9(2)8-18(10(3)4)14(19)11-6-13(16-5)17-7-12(11)15/h6-7,9-10H,8H2,1-5H3,(H,16,17). The number of carbonyl (C=O) groups is 1. The van der Waals surface area contributed by atoms with Crippen molar-refractivity contribution in [3.63, 3.8) is 0 Å². The van der Waals surface area contributed by atoms with Crippen LogP contribution in [0.25, 0.3) is 0 Å². The van der Waals surface area contributed by atoms with Crippen LogP contribution in [-0.2, 0) is 0 Å². The van der Waals surface area contributed by atoms with Gasteiger partial charge in [-0.15, -0.1) is 0 Å².